The zero-order valence-electron chi connectivity index (χ0n) is 15.5. The van der Waals surface area contributed by atoms with Crippen molar-refractivity contribution in [3.63, 3.8) is 0 Å². The summed E-state index contributed by atoms with van der Waals surface area (Å²) < 4.78 is 11.6. The van der Waals surface area contributed by atoms with Crippen molar-refractivity contribution in [2.24, 2.45) is 5.92 Å². The average molecular weight is 366 g/mol. The minimum absolute atomic E-state index is 0.00406. The molecule has 2 aliphatic heterocycles. The quantitative estimate of drug-likeness (QED) is 0.901. The Kier molecular flexibility index (Phi) is 5.47. The second-order valence-corrected chi connectivity index (χ2v) is 7.30. The van der Waals surface area contributed by atoms with E-state index >= 15 is 0 Å². The number of rotatable bonds is 4. The summed E-state index contributed by atoms with van der Waals surface area (Å²) in [5, 5.41) is 3.00. The van der Waals surface area contributed by atoms with Crippen molar-refractivity contribution in [1.82, 2.24) is 10.2 Å². The highest BCUT2D eigenvalue weighted by Crippen LogP contribution is 2.30. The normalized spacial score (nSPS) is 19.6. The fourth-order valence-corrected chi connectivity index (χ4v) is 3.76. The molecule has 0 saturated carbocycles. The zero-order chi connectivity index (χ0) is 18.5. The van der Waals surface area contributed by atoms with Crippen LogP contribution in [0.15, 0.2) is 54.6 Å². The summed E-state index contributed by atoms with van der Waals surface area (Å²) in [7, 11) is 0. The van der Waals surface area contributed by atoms with E-state index in [0.717, 1.165) is 43.9 Å². The first-order valence-electron chi connectivity index (χ1n) is 9.73. The van der Waals surface area contributed by atoms with Crippen molar-refractivity contribution in [2.75, 3.05) is 26.2 Å². The summed E-state index contributed by atoms with van der Waals surface area (Å²) in [5.41, 5.74) is 1.38. The van der Waals surface area contributed by atoms with Crippen LogP contribution in [0.25, 0.3) is 0 Å². The van der Waals surface area contributed by atoms with Crippen LogP contribution in [-0.4, -0.2) is 43.3 Å². The molecular formula is C22H26N2O3. The van der Waals surface area contributed by atoms with Gasteiger partial charge in [0.25, 0.3) is 0 Å². The molecule has 4 rings (SSSR count). The van der Waals surface area contributed by atoms with Gasteiger partial charge in [-0.3, -0.25) is 0 Å². The molecule has 5 nitrogen and oxygen atoms in total. The minimum atomic E-state index is -0.153. The lowest BCUT2D eigenvalue weighted by molar-refractivity contribution is 0.0891. The van der Waals surface area contributed by atoms with Crippen LogP contribution in [0.1, 0.15) is 18.4 Å². The van der Waals surface area contributed by atoms with Gasteiger partial charge in [-0.05, 0) is 42.9 Å². The number of hydrogen-bond acceptors (Lipinski definition) is 3. The summed E-state index contributed by atoms with van der Waals surface area (Å²) in [6.45, 7) is 2.54. The number of piperidine rings is 1. The van der Waals surface area contributed by atoms with Crippen LogP contribution >= 0.6 is 0 Å². The van der Waals surface area contributed by atoms with Crippen molar-refractivity contribution < 1.29 is 14.3 Å². The molecule has 1 saturated heterocycles. The monoisotopic (exact) mass is 366 g/mol. The number of nitrogens with one attached hydrogen (secondary N) is 1. The van der Waals surface area contributed by atoms with E-state index in [4.69, 9.17) is 9.47 Å². The second-order valence-electron chi connectivity index (χ2n) is 7.30. The number of amides is 2. The number of hydrogen-bond donors (Lipinski definition) is 1. The van der Waals surface area contributed by atoms with E-state index < -0.39 is 0 Å². The van der Waals surface area contributed by atoms with Crippen molar-refractivity contribution in [3.8, 4) is 11.5 Å². The lowest BCUT2D eigenvalue weighted by atomic mass is 9.90. The van der Waals surface area contributed by atoms with Crippen LogP contribution in [0.2, 0.25) is 0 Å². The molecule has 2 amide bonds. The number of ether oxygens (including phenoxy) is 2. The number of urea groups is 1. The van der Waals surface area contributed by atoms with Crippen LogP contribution in [0.5, 0.6) is 11.5 Å². The molecule has 5 heteroatoms. The number of carbonyl (C=O) groups is 1. The molecule has 0 spiro atoms. The van der Waals surface area contributed by atoms with Gasteiger partial charge in [0.15, 0.2) is 17.6 Å². The lowest BCUT2D eigenvalue weighted by Crippen LogP contribution is -2.48. The molecule has 1 unspecified atom stereocenters. The first-order chi connectivity index (χ1) is 13.3. The van der Waals surface area contributed by atoms with Crippen LogP contribution < -0.4 is 14.8 Å². The summed E-state index contributed by atoms with van der Waals surface area (Å²) in [5.74, 6) is 2.16. The van der Waals surface area contributed by atoms with Crippen molar-refractivity contribution in [2.45, 2.75) is 25.4 Å². The Labute approximate surface area is 160 Å². The van der Waals surface area contributed by atoms with Gasteiger partial charge in [0.1, 0.15) is 6.61 Å². The van der Waals surface area contributed by atoms with Gasteiger partial charge < -0.3 is 19.7 Å². The SMILES string of the molecule is O=C(NCC1COc2ccccc2O1)N1CCC(Cc2ccccc2)CC1. The highest BCUT2D eigenvalue weighted by molar-refractivity contribution is 5.74. The standard InChI is InChI=1S/C22H26N2O3/c25-22(23-15-19-16-26-20-8-4-5-9-21(20)27-19)24-12-10-18(11-13-24)14-17-6-2-1-3-7-17/h1-9,18-19H,10-16H2,(H,23,25). The fraction of sp³-hybridized carbons (Fsp3) is 0.409. The van der Waals surface area contributed by atoms with Crippen LogP contribution in [-0.2, 0) is 6.42 Å². The third-order valence-electron chi connectivity index (χ3n) is 5.32. The van der Waals surface area contributed by atoms with E-state index in [2.05, 4.69) is 35.6 Å². The Morgan fingerprint density at radius 2 is 1.70 bits per heavy atom. The molecule has 0 bridgehead atoms. The maximum Gasteiger partial charge on any atom is 0.317 e. The Morgan fingerprint density at radius 1 is 1.00 bits per heavy atom. The molecule has 27 heavy (non-hydrogen) atoms. The highest BCUT2D eigenvalue weighted by Gasteiger charge is 2.25. The maximum absolute atomic E-state index is 12.5. The predicted molar refractivity (Wildman–Crippen MR) is 104 cm³/mol. The number of likely N-dealkylation sites (tertiary alicyclic amines) is 1. The average Bonchev–Trinajstić information content (AvgIpc) is 2.73. The van der Waals surface area contributed by atoms with Gasteiger partial charge in [-0.1, -0.05) is 42.5 Å². The molecular weight excluding hydrogens is 340 g/mol. The van der Waals surface area contributed by atoms with Crippen molar-refractivity contribution in [1.29, 1.82) is 0 Å². The largest absolute Gasteiger partial charge is 0.486 e. The van der Waals surface area contributed by atoms with Gasteiger partial charge in [0.05, 0.1) is 6.54 Å². The second kappa shape index (κ2) is 8.33. The van der Waals surface area contributed by atoms with Gasteiger partial charge in [0, 0.05) is 13.1 Å². The molecule has 2 aromatic carbocycles. The molecule has 1 atom stereocenters. The topological polar surface area (TPSA) is 50.8 Å². The van der Waals surface area contributed by atoms with Crippen LogP contribution in [0.4, 0.5) is 4.79 Å². The third kappa shape index (κ3) is 4.54. The highest BCUT2D eigenvalue weighted by atomic mass is 16.6. The summed E-state index contributed by atoms with van der Waals surface area (Å²) >= 11 is 0. The number of nitrogens with zero attached hydrogens (tertiary/aromatic N) is 1. The summed E-state index contributed by atoms with van der Waals surface area (Å²) in [6.07, 6.45) is 3.06. The maximum atomic E-state index is 12.5. The number of para-hydroxylation sites is 2. The molecule has 2 aliphatic rings. The lowest BCUT2D eigenvalue weighted by Gasteiger charge is -2.33. The van der Waals surface area contributed by atoms with Gasteiger partial charge in [0.2, 0.25) is 0 Å². The van der Waals surface area contributed by atoms with Gasteiger partial charge in [-0.2, -0.15) is 0 Å². The number of fused-ring (bicyclic) bond motifs is 1. The molecule has 2 aromatic rings. The molecule has 0 radical (unpaired) electrons. The van der Waals surface area contributed by atoms with E-state index in [-0.39, 0.29) is 12.1 Å². The zero-order valence-corrected chi connectivity index (χ0v) is 15.5. The molecule has 1 N–H and O–H groups in total. The first kappa shape index (κ1) is 17.7. The van der Waals surface area contributed by atoms with Gasteiger partial charge in [-0.25, -0.2) is 4.79 Å². The fourth-order valence-electron chi connectivity index (χ4n) is 3.76. The third-order valence-corrected chi connectivity index (χ3v) is 5.32. The molecule has 1 fully saturated rings. The summed E-state index contributed by atoms with van der Waals surface area (Å²) in [4.78, 5) is 14.4. The Balaban J connectivity index is 1.20. The molecule has 0 aromatic heterocycles. The predicted octanol–water partition coefficient (Wildman–Crippen LogP) is 3.49. The Morgan fingerprint density at radius 3 is 2.48 bits per heavy atom. The minimum Gasteiger partial charge on any atom is -0.486 e. The molecule has 2 heterocycles. The molecule has 0 aliphatic carbocycles. The van der Waals surface area contributed by atoms with Gasteiger partial charge in [-0.15, -0.1) is 0 Å². The Bertz CT molecular complexity index is 757. The van der Waals surface area contributed by atoms with Crippen molar-refractivity contribution in [3.05, 3.63) is 60.2 Å². The van der Waals surface area contributed by atoms with E-state index in [1.54, 1.807) is 0 Å². The smallest absolute Gasteiger partial charge is 0.317 e. The van der Waals surface area contributed by atoms with Crippen LogP contribution in [0, 0.1) is 5.92 Å². The van der Waals surface area contributed by atoms with E-state index in [1.807, 2.05) is 29.2 Å². The van der Waals surface area contributed by atoms with Crippen molar-refractivity contribution >= 4 is 6.03 Å². The summed E-state index contributed by atoms with van der Waals surface area (Å²) in [6, 6.07) is 18.2. The van der Waals surface area contributed by atoms with Crippen LogP contribution in [0.3, 0.4) is 0 Å². The first-order valence-corrected chi connectivity index (χ1v) is 9.73. The Hall–Kier alpha value is -2.69. The number of benzene rings is 2. The number of carbonyl (C=O) groups excluding carboxylic acids is 1. The van der Waals surface area contributed by atoms with Gasteiger partial charge >= 0.3 is 6.03 Å². The molecule has 142 valence electrons. The van der Waals surface area contributed by atoms with E-state index in [1.165, 1.54) is 5.56 Å². The van der Waals surface area contributed by atoms with E-state index in [0.29, 0.717) is 19.1 Å². The van der Waals surface area contributed by atoms with E-state index in [9.17, 15) is 4.79 Å².